The first-order valence-corrected chi connectivity index (χ1v) is 15.4. The number of halogens is 1. The number of benzene rings is 2. The number of nitrogens with zero attached hydrogens (tertiary/aromatic N) is 2. The van der Waals surface area contributed by atoms with Gasteiger partial charge in [-0.05, 0) is 95.7 Å². The average Bonchev–Trinajstić information content (AvgIpc) is 2.87. The lowest BCUT2D eigenvalue weighted by Crippen LogP contribution is -2.50. The minimum atomic E-state index is -0.920. The van der Waals surface area contributed by atoms with Crippen molar-refractivity contribution in [3.05, 3.63) is 76.9 Å². The molecule has 0 radical (unpaired) electrons. The Morgan fingerprint density at radius 1 is 0.977 bits per heavy atom. The second kappa shape index (κ2) is 13.5. The molecule has 0 saturated carbocycles. The highest BCUT2D eigenvalue weighted by Crippen LogP contribution is 2.45. The van der Waals surface area contributed by atoms with Crippen molar-refractivity contribution in [3.63, 3.8) is 0 Å². The van der Waals surface area contributed by atoms with Crippen molar-refractivity contribution in [2.45, 2.75) is 86.5 Å². The van der Waals surface area contributed by atoms with E-state index in [4.69, 9.17) is 19.2 Å². The van der Waals surface area contributed by atoms with Gasteiger partial charge < -0.3 is 19.1 Å². The van der Waals surface area contributed by atoms with E-state index >= 15 is 0 Å². The van der Waals surface area contributed by atoms with Gasteiger partial charge in [0.2, 0.25) is 0 Å². The SMILES string of the molecule is Cc1nc(C)c(C(OC(C)(C)C)C(=O)OC(C)C)c(N2CC(C(C)C)C2)c1-c1ccc(OCCc2ccc(F)cc2)cc1. The van der Waals surface area contributed by atoms with Crippen molar-refractivity contribution in [3.8, 4) is 16.9 Å². The van der Waals surface area contributed by atoms with Gasteiger partial charge in [-0.15, -0.1) is 0 Å². The molecule has 1 aliphatic heterocycles. The van der Waals surface area contributed by atoms with Gasteiger partial charge in [-0.25, -0.2) is 9.18 Å². The number of carbonyl (C=O) groups is 1. The fourth-order valence-corrected chi connectivity index (χ4v) is 5.48. The molecule has 1 saturated heterocycles. The first-order valence-electron chi connectivity index (χ1n) is 15.4. The van der Waals surface area contributed by atoms with Gasteiger partial charge >= 0.3 is 5.97 Å². The van der Waals surface area contributed by atoms with Gasteiger partial charge in [0.15, 0.2) is 6.10 Å². The number of ether oxygens (including phenoxy) is 3. The van der Waals surface area contributed by atoms with Gasteiger partial charge in [0.05, 0.1) is 24.0 Å². The molecule has 1 aliphatic rings. The molecule has 1 fully saturated rings. The topological polar surface area (TPSA) is 60.9 Å². The van der Waals surface area contributed by atoms with Gasteiger partial charge in [0.1, 0.15) is 11.6 Å². The highest BCUT2D eigenvalue weighted by atomic mass is 19.1. The third kappa shape index (κ3) is 8.14. The molecule has 2 aromatic carbocycles. The summed E-state index contributed by atoms with van der Waals surface area (Å²) in [6, 6.07) is 14.5. The summed E-state index contributed by atoms with van der Waals surface area (Å²) in [6.45, 7) is 20.3. The van der Waals surface area contributed by atoms with E-state index in [2.05, 4.69) is 18.7 Å². The molecule has 43 heavy (non-hydrogen) atoms. The van der Waals surface area contributed by atoms with E-state index in [-0.39, 0.29) is 11.9 Å². The smallest absolute Gasteiger partial charge is 0.340 e. The quantitative estimate of drug-likeness (QED) is 0.211. The highest BCUT2D eigenvalue weighted by Gasteiger charge is 2.39. The van der Waals surface area contributed by atoms with Crippen LogP contribution in [0.25, 0.3) is 11.1 Å². The largest absolute Gasteiger partial charge is 0.493 e. The molecular weight excluding hydrogens is 543 g/mol. The summed E-state index contributed by atoms with van der Waals surface area (Å²) in [5.74, 6) is 1.23. The predicted octanol–water partition coefficient (Wildman–Crippen LogP) is 8.03. The maximum atomic E-state index is 13.6. The van der Waals surface area contributed by atoms with Crippen LogP contribution in [0.4, 0.5) is 10.1 Å². The van der Waals surface area contributed by atoms with Crippen molar-refractivity contribution < 1.29 is 23.4 Å². The number of aryl methyl sites for hydroxylation is 2. The zero-order valence-electron chi connectivity index (χ0n) is 27.2. The molecule has 0 bridgehead atoms. The minimum absolute atomic E-state index is 0.241. The van der Waals surface area contributed by atoms with Crippen LogP contribution in [0.3, 0.4) is 0 Å². The Morgan fingerprint density at radius 2 is 1.60 bits per heavy atom. The van der Waals surface area contributed by atoms with Gasteiger partial charge in [-0.3, -0.25) is 4.98 Å². The van der Waals surface area contributed by atoms with E-state index in [1.54, 1.807) is 12.1 Å². The second-order valence-electron chi connectivity index (χ2n) is 13.2. The molecule has 232 valence electrons. The lowest BCUT2D eigenvalue weighted by molar-refractivity contribution is -0.171. The van der Waals surface area contributed by atoms with E-state index in [0.717, 1.165) is 58.2 Å². The lowest BCUT2D eigenvalue weighted by atomic mass is 9.85. The van der Waals surface area contributed by atoms with Gasteiger partial charge in [0.25, 0.3) is 0 Å². The third-order valence-corrected chi connectivity index (χ3v) is 7.76. The van der Waals surface area contributed by atoms with Crippen LogP contribution >= 0.6 is 0 Å². The first kappa shape index (κ1) is 32.5. The number of hydrogen-bond donors (Lipinski definition) is 0. The Morgan fingerprint density at radius 3 is 2.16 bits per heavy atom. The predicted molar refractivity (Wildman–Crippen MR) is 170 cm³/mol. The Balaban J connectivity index is 1.72. The van der Waals surface area contributed by atoms with Crippen LogP contribution in [0.1, 0.15) is 77.1 Å². The van der Waals surface area contributed by atoms with Gasteiger partial charge in [-0.1, -0.05) is 38.1 Å². The Bertz CT molecular complexity index is 1390. The maximum absolute atomic E-state index is 13.6. The van der Waals surface area contributed by atoms with E-state index < -0.39 is 17.7 Å². The summed E-state index contributed by atoms with van der Waals surface area (Å²) in [6.07, 6.45) is -0.508. The third-order valence-electron chi connectivity index (χ3n) is 7.76. The highest BCUT2D eigenvalue weighted by molar-refractivity contribution is 5.89. The standard InChI is InChI=1S/C36H47FN2O4/c1-22(2)28-20-39(21-28)33-31(27-12-16-30(17-13-27)41-19-18-26-10-14-29(37)15-11-26)24(5)38-25(6)32(33)34(43-36(7,8)9)35(40)42-23(3)4/h10-17,22-23,28,34H,18-21H2,1-9H3. The molecule has 1 unspecified atom stereocenters. The summed E-state index contributed by atoms with van der Waals surface area (Å²) in [5, 5.41) is 0. The fraction of sp³-hybridized carbons (Fsp3) is 0.500. The summed E-state index contributed by atoms with van der Waals surface area (Å²) in [7, 11) is 0. The molecule has 6 nitrogen and oxygen atoms in total. The molecule has 1 aromatic heterocycles. The lowest BCUT2D eigenvalue weighted by Gasteiger charge is -2.46. The summed E-state index contributed by atoms with van der Waals surface area (Å²) < 4.78 is 31.4. The van der Waals surface area contributed by atoms with E-state index in [1.807, 2.05) is 72.7 Å². The van der Waals surface area contributed by atoms with E-state index in [0.29, 0.717) is 24.9 Å². The Hall–Kier alpha value is -3.45. The van der Waals surface area contributed by atoms with Crippen LogP contribution in [-0.4, -0.2) is 42.4 Å². The summed E-state index contributed by atoms with van der Waals surface area (Å²) in [4.78, 5) is 20.9. The monoisotopic (exact) mass is 590 g/mol. The van der Waals surface area contributed by atoms with Gasteiger partial charge in [0, 0.05) is 42.0 Å². The zero-order chi connectivity index (χ0) is 31.5. The Kier molecular flexibility index (Phi) is 10.2. The molecule has 0 spiro atoms. The number of anilines is 1. The fourth-order valence-electron chi connectivity index (χ4n) is 5.48. The minimum Gasteiger partial charge on any atom is -0.493 e. The van der Waals surface area contributed by atoms with Crippen LogP contribution < -0.4 is 9.64 Å². The number of aromatic nitrogens is 1. The molecule has 0 N–H and O–H groups in total. The number of pyridine rings is 1. The van der Waals surface area contributed by atoms with Crippen LogP contribution in [0.15, 0.2) is 48.5 Å². The maximum Gasteiger partial charge on any atom is 0.340 e. The van der Waals surface area contributed by atoms with Crippen LogP contribution in [-0.2, 0) is 20.7 Å². The summed E-state index contributed by atoms with van der Waals surface area (Å²) in [5.41, 5.74) is 5.82. The molecule has 7 heteroatoms. The number of esters is 1. The number of rotatable bonds is 11. The number of carbonyl (C=O) groups excluding carboxylic acids is 1. The van der Waals surface area contributed by atoms with Gasteiger partial charge in [-0.2, -0.15) is 0 Å². The molecule has 0 aliphatic carbocycles. The molecule has 0 amide bonds. The van der Waals surface area contributed by atoms with Crippen molar-refractivity contribution in [1.29, 1.82) is 0 Å². The van der Waals surface area contributed by atoms with Crippen molar-refractivity contribution in [2.75, 3.05) is 24.6 Å². The first-order chi connectivity index (χ1) is 20.2. The van der Waals surface area contributed by atoms with Crippen molar-refractivity contribution in [1.82, 2.24) is 4.98 Å². The Labute approximate surface area is 256 Å². The van der Waals surface area contributed by atoms with Crippen LogP contribution in [0.2, 0.25) is 0 Å². The van der Waals surface area contributed by atoms with E-state index in [9.17, 15) is 9.18 Å². The molecule has 3 aromatic rings. The average molecular weight is 591 g/mol. The molecule has 2 heterocycles. The summed E-state index contributed by atoms with van der Waals surface area (Å²) >= 11 is 0. The number of hydrogen-bond acceptors (Lipinski definition) is 6. The zero-order valence-corrected chi connectivity index (χ0v) is 27.2. The molecular formula is C36H47FN2O4. The molecule has 1 atom stereocenters. The molecule has 4 rings (SSSR count). The van der Waals surface area contributed by atoms with Crippen molar-refractivity contribution >= 4 is 11.7 Å². The second-order valence-corrected chi connectivity index (χ2v) is 13.2. The van der Waals surface area contributed by atoms with E-state index in [1.165, 1.54) is 12.1 Å². The van der Waals surface area contributed by atoms with Crippen molar-refractivity contribution in [2.24, 2.45) is 11.8 Å². The van der Waals surface area contributed by atoms with Crippen LogP contribution in [0, 0.1) is 31.5 Å². The van der Waals surface area contributed by atoms with Crippen LogP contribution in [0.5, 0.6) is 5.75 Å². The normalized spacial score (nSPS) is 14.7.